The van der Waals surface area contributed by atoms with Crippen LogP contribution in [0.4, 0.5) is 0 Å². The highest BCUT2D eigenvalue weighted by Crippen LogP contribution is 2.30. The van der Waals surface area contributed by atoms with E-state index in [0.717, 1.165) is 22.4 Å². The fourth-order valence-corrected chi connectivity index (χ4v) is 3.26. The third-order valence-electron chi connectivity index (χ3n) is 3.51. The molecule has 0 bridgehead atoms. The summed E-state index contributed by atoms with van der Waals surface area (Å²) in [5.41, 5.74) is 1.16. The van der Waals surface area contributed by atoms with Gasteiger partial charge >= 0.3 is 0 Å². The van der Waals surface area contributed by atoms with E-state index in [0.29, 0.717) is 12.1 Å². The van der Waals surface area contributed by atoms with Crippen LogP contribution in [-0.4, -0.2) is 19.6 Å². The fraction of sp³-hybridized carbons (Fsp3) is 0.438. The average molecular weight is 316 g/mol. The molecule has 0 aliphatic carbocycles. The average Bonchev–Trinajstić information content (AvgIpc) is 3.10. The van der Waals surface area contributed by atoms with Crippen LogP contribution in [0.15, 0.2) is 28.5 Å². The molecule has 0 aromatic carbocycles. The summed E-state index contributed by atoms with van der Waals surface area (Å²) in [5.74, 6) is 0. The van der Waals surface area contributed by atoms with Crippen LogP contribution in [0.25, 0.3) is 21.5 Å². The van der Waals surface area contributed by atoms with Crippen molar-refractivity contribution in [2.24, 2.45) is 0 Å². The topological polar surface area (TPSA) is 52.7 Å². The molecule has 0 unspecified atom stereocenters. The Morgan fingerprint density at radius 1 is 1.32 bits per heavy atom. The summed E-state index contributed by atoms with van der Waals surface area (Å²) in [6.07, 6.45) is 2.63. The van der Waals surface area contributed by atoms with E-state index in [1.807, 2.05) is 49.9 Å². The lowest BCUT2D eigenvalue weighted by atomic mass is 10.1. The van der Waals surface area contributed by atoms with Crippen molar-refractivity contribution in [2.45, 2.75) is 46.2 Å². The highest BCUT2D eigenvalue weighted by atomic mass is 32.1. The van der Waals surface area contributed by atoms with Crippen LogP contribution in [0.3, 0.4) is 0 Å². The van der Waals surface area contributed by atoms with Gasteiger partial charge in [0.05, 0.1) is 22.0 Å². The first-order valence-corrected chi connectivity index (χ1v) is 8.34. The number of hydrogen-bond acceptors (Lipinski definition) is 4. The van der Waals surface area contributed by atoms with Crippen LogP contribution < -0.4 is 5.56 Å². The summed E-state index contributed by atoms with van der Waals surface area (Å²) >= 11 is 1.63. The largest absolute Gasteiger partial charge is 0.292 e. The minimum atomic E-state index is -0.251. The first-order chi connectivity index (χ1) is 10.4. The zero-order chi connectivity index (χ0) is 15.9. The van der Waals surface area contributed by atoms with E-state index in [9.17, 15) is 4.79 Å². The van der Waals surface area contributed by atoms with Crippen LogP contribution in [0, 0.1) is 0 Å². The van der Waals surface area contributed by atoms with Gasteiger partial charge in [0, 0.05) is 6.54 Å². The van der Waals surface area contributed by atoms with Crippen molar-refractivity contribution >= 4 is 22.2 Å². The number of aryl methyl sites for hydroxylation is 1. The molecule has 22 heavy (non-hydrogen) atoms. The van der Waals surface area contributed by atoms with Crippen molar-refractivity contribution in [3.63, 3.8) is 0 Å². The summed E-state index contributed by atoms with van der Waals surface area (Å²) in [6.45, 7) is 8.81. The smallest absolute Gasteiger partial charge is 0.265 e. The molecule has 5 nitrogen and oxygen atoms in total. The van der Waals surface area contributed by atoms with Crippen LogP contribution in [0.2, 0.25) is 0 Å². The maximum atomic E-state index is 12.8. The lowest BCUT2D eigenvalue weighted by Crippen LogP contribution is -2.30. The van der Waals surface area contributed by atoms with E-state index < -0.39 is 0 Å². The normalized spacial score (nSPS) is 12.2. The van der Waals surface area contributed by atoms with Gasteiger partial charge in [-0.2, -0.15) is 10.2 Å². The molecule has 116 valence electrons. The Hall–Kier alpha value is -1.95. The molecule has 3 aromatic rings. The van der Waals surface area contributed by atoms with Gasteiger partial charge < -0.3 is 0 Å². The van der Waals surface area contributed by atoms with E-state index in [1.165, 1.54) is 0 Å². The summed E-state index contributed by atoms with van der Waals surface area (Å²) in [4.78, 5) is 13.9. The molecule has 0 spiro atoms. The van der Waals surface area contributed by atoms with E-state index in [-0.39, 0.29) is 11.1 Å². The van der Waals surface area contributed by atoms with Gasteiger partial charge in [-0.3, -0.25) is 9.48 Å². The Labute approximate surface area is 133 Å². The number of aromatic nitrogens is 4. The number of hydrogen-bond donors (Lipinski definition) is 0. The van der Waals surface area contributed by atoms with Crippen LogP contribution in [0.1, 0.15) is 34.1 Å². The molecular weight excluding hydrogens is 296 g/mol. The standard InChI is InChI=1S/C16H20N4OS/c1-5-8-19-15(21)14-11(10-17-20(14)16(2,3)4)13(18-19)12-7-6-9-22-12/h6-7,9-10H,5,8H2,1-4H3. The summed E-state index contributed by atoms with van der Waals surface area (Å²) < 4.78 is 3.39. The van der Waals surface area contributed by atoms with Gasteiger partial charge in [0.25, 0.3) is 5.56 Å². The van der Waals surface area contributed by atoms with Crippen LogP contribution >= 0.6 is 11.3 Å². The van der Waals surface area contributed by atoms with Crippen molar-refractivity contribution in [1.29, 1.82) is 0 Å². The quantitative estimate of drug-likeness (QED) is 0.743. The second kappa shape index (κ2) is 5.35. The highest BCUT2D eigenvalue weighted by Gasteiger charge is 2.23. The SMILES string of the molecule is CCCn1nc(-c2cccs2)c2cnn(C(C)(C)C)c2c1=O. The first-order valence-electron chi connectivity index (χ1n) is 7.46. The van der Waals surface area contributed by atoms with Crippen molar-refractivity contribution in [1.82, 2.24) is 19.6 Å². The monoisotopic (exact) mass is 316 g/mol. The fourth-order valence-electron chi connectivity index (χ4n) is 2.54. The molecule has 0 fully saturated rings. The van der Waals surface area contributed by atoms with Gasteiger partial charge in [0.1, 0.15) is 11.2 Å². The number of rotatable bonds is 3. The molecule has 3 heterocycles. The van der Waals surface area contributed by atoms with Crippen molar-refractivity contribution in [3.05, 3.63) is 34.1 Å². The summed E-state index contributed by atoms with van der Waals surface area (Å²) in [7, 11) is 0. The maximum Gasteiger partial charge on any atom is 0.292 e. The van der Waals surface area contributed by atoms with Crippen LogP contribution in [-0.2, 0) is 12.1 Å². The second-order valence-electron chi connectivity index (χ2n) is 6.34. The van der Waals surface area contributed by atoms with Crippen LogP contribution in [0.5, 0.6) is 0 Å². The molecule has 0 N–H and O–H groups in total. The van der Waals surface area contributed by atoms with Gasteiger partial charge in [0.15, 0.2) is 0 Å². The molecule has 0 saturated heterocycles. The third kappa shape index (κ3) is 2.37. The molecule has 0 saturated carbocycles. The van der Waals surface area contributed by atoms with Gasteiger partial charge in [-0.15, -0.1) is 11.3 Å². The Morgan fingerprint density at radius 3 is 2.68 bits per heavy atom. The molecule has 0 aliphatic rings. The molecule has 3 rings (SSSR count). The summed E-state index contributed by atoms with van der Waals surface area (Å²) in [5, 5.41) is 11.9. The lowest BCUT2D eigenvalue weighted by molar-refractivity contribution is 0.366. The zero-order valence-electron chi connectivity index (χ0n) is 13.3. The van der Waals surface area contributed by atoms with E-state index in [4.69, 9.17) is 0 Å². The van der Waals surface area contributed by atoms with Gasteiger partial charge in [0.2, 0.25) is 0 Å². The molecule has 0 aliphatic heterocycles. The molecule has 0 amide bonds. The first kappa shape index (κ1) is 15.0. The van der Waals surface area contributed by atoms with Crippen molar-refractivity contribution < 1.29 is 0 Å². The molecule has 6 heteroatoms. The number of nitrogens with zero attached hydrogens (tertiary/aromatic N) is 4. The van der Waals surface area contributed by atoms with E-state index >= 15 is 0 Å². The predicted octanol–water partition coefficient (Wildman–Crippen LogP) is 3.49. The minimum absolute atomic E-state index is 0.0652. The molecule has 3 aromatic heterocycles. The Kier molecular flexibility index (Phi) is 3.64. The Morgan fingerprint density at radius 2 is 2.09 bits per heavy atom. The third-order valence-corrected chi connectivity index (χ3v) is 4.38. The molecular formula is C16H20N4OS. The van der Waals surface area contributed by atoms with Gasteiger partial charge in [-0.25, -0.2) is 4.68 Å². The number of thiophene rings is 1. The zero-order valence-corrected chi connectivity index (χ0v) is 14.1. The van der Waals surface area contributed by atoms with Gasteiger partial charge in [-0.1, -0.05) is 13.0 Å². The summed E-state index contributed by atoms with van der Waals surface area (Å²) in [6, 6.07) is 4.03. The molecule has 0 atom stereocenters. The van der Waals surface area contributed by atoms with E-state index in [2.05, 4.69) is 10.2 Å². The number of fused-ring (bicyclic) bond motifs is 1. The van der Waals surface area contributed by atoms with Crippen molar-refractivity contribution in [2.75, 3.05) is 0 Å². The van der Waals surface area contributed by atoms with Crippen molar-refractivity contribution in [3.8, 4) is 10.6 Å². The Bertz CT molecular complexity index is 853. The lowest BCUT2D eigenvalue weighted by Gasteiger charge is -2.20. The highest BCUT2D eigenvalue weighted by molar-refractivity contribution is 7.13. The maximum absolute atomic E-state index is 12.8. The second-order valence-corrected chi connectivity index (χ2v) is 7.29. The Balaban J connectivity index is 2.40. The molecule has 0 radical (unpaired) electrons. The minimum Gasteiger partial charge on any atom is -0.265 e. The predicted molar refractivity (Wildman–Crippen MR) is 90.4 cm³/mol. The van der Waals surface area contributed by atoms with E-state index in [1.54, 1.807) is 22.2 Å². The van der Waals surface area contributed by atoms with Gasteiger partial charge in [-0.05, 0) is 38.6 Å².